The van der Waals surface area contributed by atoms with Crippen molar-refractivity contribution in [1.82, 2.24) is 0 Å². The summed E-state index contributed by atoms with van der Waals surface area (Å²) in [4.78, 5) is 38.9. The third kappa shape index (κ3) is 7.95. The topological polar surface area (TPSA) is 63.7 Å². The van der Waals surface area contributed by atoms with Crippen molar-refractivity contribution in [3.05, 3.63) is 28.3 Å². The number of anilines is 1. The van der Waals surface area contributed by atoms with Gasteiger partial charge in [0, 0.05) is 11.4 Å². The molecule has 0 heterocycles. The highest BCUT2D eigenvalue weighted by Gasteiger charge is 2.31. The van der Waals surface area contributed by atoms with Crippen molar-refractivity contribution in [2.24, 2.45) is 0 Å². The Morgan fingerprint density at radius 3 is 2.37 bits per heavy atom. The van der Waals surface area contributed by atoms with Crippen LogP contribution in [0.2, 0.25) is 5.02 Å². The lowest BCUT2D eigenvalue weighted by Gasteiger charge is -2.30. The van der Waals surface area contributed by atoms with Crippen LogP contribution in [0.15, 0.2) is 12.1 Å². The van der Waals surface area contributed by atoms with Gasteiger partial charge in [0.15, 0.2) is 5.12 Å². The Morgan fingerprint density at radius 1 is 1.10 bits per heavy atom. The number of amides is 1. The van der Waals surface area contributed by atoms with Crippen molar-refractivity contribution in [3.8, 4) is 0 Å². The molecule has 0 saturated heterocycles. The van der Waals surface area contributed by atoms with E-state index in [2.05, 4.69) is 6.92 Å². The summed E-state index contributed by atoms with van der Waals surface area (Å²) in [6.45, 7) is 7.46. The zero-order valence-corrected chi connectivity index (χ0v) is 20.3. The number of aryl methyl sites for hydroxylation is 1. The Balaban J connectivity index is 2.82. The molecular weight excluding hydrogens is 422 g/mol. The SMILES string of the molecule is CCCCCCCCC(=O)SCC(=O)N(c1c(C)ccc(Cl)c1C)[C@@H](C)C(=O)OC. The standard InChI is InChI=1S/C23H34ClNO4S/c1-6-7-8-9-10-11-12-21(27)30-15-20(26)25(18(4)23(28)29-5)22-16(2)13-14-19(24)17(22)3/h13-14,18H,6-12,15H2,1-5H3/t18-/m0/s1. The number of carbonyl (C=O) groups is 3. The quantitative estimate of drug-likeness (QED) is 0.291. The first-order valence-corrected chi connectivity index (χ1v) is 11.9. The van der Waals surface area contributed by atoms with E-state index in [0.29, 0.717) is 22.7 Å². The lowest BCUT2D eigenvalue weighted by Crippen LogP contribution is -2.45. The molecule has 0 fully saturated rings. The van der Waals surface area contributed by atoms with Crippen LogP contribution in [0.4, 0.5) is 5.69 Å². The number of unbranched alkanes of at least 4 members (excludes halogenated alkanes) is 5. The number of hydrogen-bond acceptors (Lipinski definition) is 5. The summed E-state index contributed by atoms with van der Waals surface area (Å²) in [6.07, 6.45) is 7.12. The van der Waals surface area contributed by atoms with Gasteiger partial charge in [0.25, 0.3) is 0 Å². The van der Waals surface area contributed by atoms with E-state index in [1.807, 2.05) is 19.9 Å². The summed E-state index contributed by atoms with van der Waals surface area (Å²) in [5, 5.41) is 0.515. The lowest BCUT2D eigenvalue weighted by atomic mass is 10.1. The second-order valence-electron chi connectivity index (χ2n) is 7.48. The molecule has 0 saturated carbocycles. The molecule has 5 nitrogen and oxygen atoms in total. The van der Waals surface area contributed by atoms with Crippen LogP contribution in [-0.2, 0) is 19.1 Å². The van der Waals surface area contributed by atoms with Crippen LogP contribution in [0, 0.1) is 13.8 Å². The highest BCUT2D eigenvalue weighted by molar-refractivity contribution is 8.14. The number of benzene rings is 1. The first-order valence-electron chi connectivity index (χ1n) is 10.6. The maximum Gasteiger partial charge on any atom is 0.328 e. The van der Waals surface area contributed by atoms with Crippen molar-refractivity contribution in [1.29, 1.82) is 0 Å². The molecule has 0 unspecified atom stereocenters. The van der Waals surface area contributed by atoms with Gasteiger partial charge >= 0.3 is 5.97 Å². The molecule has 1 amide bonds. The van der Waals surface area contributed by atoms with Gasteiger partial charge < -0.3 is 4.74 Å². The van der Waals surface area contributed by atoms with E-state index in [1.165, 1.54) is 31.3 Å². The average Bonchev–Trinajstić information content (AvgIpc) is 2.73. The van der Waals surface area contributed by atoms with Crippen LogP contribution in [0.1, 0.15) is 69.9 Å². The van der Waals surface area contributed by atoms with Crippen molar-refractivity contribution in [3.63, 3.8) is 0 Å². The summed E-state index contributed by atoms with van der Waals surface area (Å²) in [7, 11) is 1.29. The molecule has 0 bridgehead atoms. The van der Waals surface area contributed by atoms with Crippen LogP contribution >= 0.6 is 23.4 Å². The van der Waals surface area contributed by atoms with Gasteiger partial charge in [-0.3, -0.25) is 14.5 Å². The van der Waals surface area contributed by atoms with Gasteiger partial charge in [0.05, 0.1) is 18.6 Å². The van der Waals surface area contributed by atoms with E-state index in [1.54, 1.807) is 13.0 Å². The normalized spacial score (nSPS) is 11.8. The van der Waals surface area contributed by atoms with Gasteiger partial charge in [-0.25, -0.2) is 4.79 Å². The monoisotopic (exact) mass is 455 g/mol. The molecule has 0 spiro atoms. The van der Waals surface area contributed by atoms with Crippen LogP contribution in [0.25, 0.3) is 0 Å². The number of carbonyl (C=O) groups excluding carboxylic acids is 3. The van der Waals surface area contributed by atoms with Gasteiger partial charge in [-0.2, -0.15) is 0 Å². The van der Waals surface area contributed by atoms with E-state index >= 15 is 0 Å². The summed E-state index contributed by atoms with van der Waals surface area (Å²) >= 11 is 7.28. The first kappa shape index (κ1) is 26.5. The highest BCUT2D eigenvalue weighted by atomic mass is 35.5. The van der Waals surface area contributed by atoms with Gasteiger partial charge in [-0.05, 0) is 44.4 Å². The number of rotatable bonds is 12. The average molecular weight is 456 g/mol. The van der Waals surface area contributed by atoms with Crippen LogP contribution in [0.5, 0.6) is 0 Å². The molecule has 0 N–H and O–H groups in total. The Bertz CT molecular complexity index is 738. The van der Waals surface area contributed by atoms with Gasteiger partial charge in [0.1, 0.15) is 6.04 Å². The molecule has 0 radical (unpaired) electrons. The Morgan fingerprint density at radius 2 is 1.73 bits per heavy atom. The first-order chi connectivity index (χ1) is 14.2. The molecule has 0 aliphatic rings. The molecule has 7 heteroatoms. The van der Waals surface area contributed by atoms with Crippen LogP contribution < -0.4 is 4.90 Å². The molecule has 1 aromatic rings. The number of nitrogens with zero attached hydrogens (tertiary/aromatic N) is 1. The maximum absolute atomic E-state index is 13.1. The Hall–Kier alpha value is -1.53. The van der Waals surface area contributed by atoms with Gasteiger partial charge in [-0.1, -0.05) is 68.5 Å². The molecule has 0 aliphatic heterocycles. The number of halogens is 1. The zero-order chi connectivity index (χ0) is 22.7. The third-order valence-electron chi connectivity index (χ3n) is 5.10. The van der Waals surface area contributed by atoms with E-state index in [9.17, 15) is 14.4 Å². The fraction of sp³-hybridized carbons (Fsp3) is 0.609. The summed E-state index contributed by atoms with van der Waals surface area (Å²) < 4.78 is 4.85. The molecule has 1 aromatic carbocycles. The van der Waals surface area contributed by atoms with Crippen molar-refractivity contribution in [2.45, 2.75) is 78.7 Å². The molecule has 0 aliphatic carbocycles. The summed E-state index contributed by atoms with van der Waals surface area (Å²) in [5.41, 5.74) is 2.13. The number of hydrogen-bond donors (Lipinski definition) is 0. The van der Waals surface area contributed by atoms with E-state index in [0.717, 1.165) is 36.6 Å². The van der Waals surface area contributed by atoms with Crippen LogP contribution in [-0.4, -0.2) is 35.9 Å². The predicted octanol–water partition coefficient (Wildman–Crippen LogP) is 5.86. The number of thioether (sulfide) groups is 1. The smallest absolute Gasteiger partial charge is 0.328 e. The van der Waals surface area contributed by atoms with Gasteiger partial charge in [-0.15, -0.1) is 0 Å². The minimum Gasteiger partial charge on any atom is -0.467 e. The largest absolute Gasteiger partial charge is 0.467 e. The molecule has 30 heavy (non-hydrogen) atoms. The highest BCUT2D eigenvalue weighted by Crippen LogP contribution is 2.32. The number of ether oxygens (including phenoxy) is 1. The predicted molar refractivity (Wildman–Crippen MR) is 125 cm³/mol. The lowest BCUT2D eigenvalue weighted by molar-refractivity contribution is -0.142. The number of methoxy groups -OCH3 is 1. The molecule has 0 aromatic heterocycles. The van der Waals surface area contributed by atoms with E-state index in [-0.39, 0.29) is 16.8 Å². The minimum absolute atomic E-state index is 0.00375. The van der Waals surface area contributed by atoms with Crippen molar-refractivity contribution < 1.29 is 19.1 Å². The maximum atomic E-state index is 13.1. The fourth-order valence-electron chi connectivity index (χ4n) is 3.33. The molecule has 1 rings (SSSR count). The van der Waals surface area contributed by atoms with Gasteiger partial charge in [0.2, 0.25) is 5.91 Å². The third-order valence-corrected chi connectivity index (χ3v) is 6.42. The summed E-state index contributed by atoms with van der Waals surface area (Å²) in [6, 6.07) is 2.75. The fourth-order valence-corrected chi connectivity index (χ4v) is 4.19. The van der Waals surface area contributed by atoms with E-state index < -0.39 is 12.0 Å². The number of esters is 1. The van der Waals surface area contributed by atoms with Crippen molar-refractivity contribution in [2.75, 3.05) is 17.8 Å². The molecule has 1 atom stereocenters. The zero-order valence-electron chi connectivity index (χ0n) is 18.8. The minimum atomic E-state index is -0.826. The van der Waals surface area contributed by atoms with E-state index in [4.69, 9.17) is 16.3 Å². The van der Waals surface area contributed by atoms with Crippen molar-refractivity contribution >= 4 is 46.0 Å². The molecule has 168 valence electrons. The van der Waals surface area contributed by atoms with Crippen LogP contribution in [0.3, 0.4) is 0 Å². The second-order valence-corrected chi connectivity index (χ2v) is 8.92. The molecular formula is C23H34ClNO4S. The second kappa shape index (κ2) is 13.7. The Labute approximate surface area is 189 Å². The Kier molecular flexibility index (Phi) is 12.1. The summed E-state index contributed by atoms with van der Waals surface area (Å²) in [5.74, 6) is -0.866.